The van der Waals surface area contributed by atoms with E-state index < -0.39 is 6.61 Å². The summed E-state index contributed by atoms with van der Waals surface area (Å²) in [4.78, 5) is 22.8. The second kappa shape index (κ2) is 7.33. The molecule has 2 fully saturated rings. The molecule has 2 bridgehead atoms. The maximum Gasteiger partial charge on any atom is 0.388 e. The first kappa shape index (κ1) is 18.6. The molecule has 6 nitrogen and oxygen atoms in total. The highest BCUT2D eigenvalue weighted by Gasteiger charge is 2.46. The van der Waals surface area contributed by atoms with Crippen LogP contribution in [0.3, 0.4) is 0 Å². The molecule has 28 heavy (non-hydrogen) atoms. The van der Waals surface area contributed by atoms with Crippen molar-refractivity contribution in [3.63, 3.8) is 0 Å². The Hall–Kier alpha value is -2.77. The smallest absolute Gasteiger partial charge is 0.388 e. The molecule has 8 heteroatoms. The first-order valence-electron chi connectivity index (χ1n) is 9.39. The van der Waals surface area contributed by atoms with Crippen molar-refractivity contribution in [1.29, 1.82) is 0 Å². The van der Waals surface area contributed by atoms with Gasteiger partial charge in [-0.1, -0.05) is 13.0 Å². The largest absolute Gasteiger partial charge is 0.417 e. The van der Waals surface area contributed by atoms with Crippen LogP contribution in [-0.4, -0.2) is 39.6 Å². The first-order chi connectivity index (χ1) is 13.4. The summed E-state index contributed by atoms with van der Waals surface area (Å²) in [6.07, 6.45) is 4.55. The molecule has 1 aromatic carbocycles. The number of benzene rings is 1. The fourth-order valence-electron chi connectivity index (χ4n) is 4.24. The second-order valence-electron chi connectivity index (χ2n) is 7.58. The second-order valence-corrected chi connectivity index (χ2v) is 7.58. The fraction of sp³-hybridized carbons (Fsp3) is 0.450. The van der Waals surface area contributed by atoms with E-state index in [0.29, 0.717) is 29.3 Å². The lowest BCUT2D eigenvalue weighted by Crippen LogP contribution is -2.63. The van der Waals surface area contributed by atoms with Crippen molar-refractivity contribution in [2.75, 3.05) is 5.32 Å². The number of halogens is 2. The van der Waals surface area contributed by atoms with Gasteiger partial charge in [0, 0.05) is 35.6 Å². The van der Waals surface area contributed by atoms with Crippen LogP contribution < -0.4 is 10.1 Å². The third-order valence-corrected chi connectivity index (χ3v) is 5.48. The van der Waals surface area contributed by atoms with Crippen LogP contribution in [-0.2, 0) is 0 Å². The summed E-state index contributed by atoms with van der Waals surface area (Å²) in [6, 6.07) is 7.24. The number of aromatic nitrogens is 2. The van der Waals surface area contributed by atoms with Gasteiger partial charge >= 0.3 is 12.6 Å². The van der Waals surface area contributed by atoms with Crippen LogP contribution in [0.25, 0.3) is 11.4 Å². The zero-order chi connectivity index (χ0) is 19.8. The molecule has 4 rings (SSSR count). The molecule has 148 valence electrons. The number of carbonyl (C=O) groups is 1. The number of piperidine rings is 1. The van der Waals surface area contributed by atoms with Gasteiger partial charge in [-0.15, -0.1) is 0 Å². The van der Waals surface area contributed by atoms with Gasteiger partial charge in [-0.2, -0.15) is 13.8 Å². The monoisotopic (exact) mass is 388 g/mol. The van der Waals surface area contributed by atoms with Crippen molar-refractivity contribution in [1.82, 2.24) is 14.9 Å². The minimum absolute atomic E-state index is 0.0985. The van der Waals surface area contributed by atoms with E-state index in [9.17, 15) is 13.6 Å². The number of ether oxygens (including phenoxy) is 1. The Balaban J connectivity index is 1.52. The number of rotatable bonds is 4. The number of hydrogen-bond donors (Lipinski definition) is 1. The Morgan fingerprint density at radius 3 is 2.71 bits per heavy atom. The Labute approximate surface area is 161 Å². The number of aryl methyl sites for hydroxylation is 1. The van der Waals surface area contributed by atoms with Gasteiger partial charge in [-0.25, -0.2) is 9.78 Å². The summed E-state index contributed by atoms with van der Waals surface area (Å²) in [7, 11) is 0. The number of amides is 2. The number of hydrogen-bond acceptors (Lipinski definition) is 4. The van der Waals surface area contributed by atoms with Gasteiger partial charge in [0.2, 0.25) is 5.88 Å². The van der Waals surface area contributed by atoms with E-state index in [4.69, 9.17) is 0 Å². The number of carbonyl (C=O) groups excluding carboxylic acids is 1. The maximum absolute atomic E-state index is 12.7. The van der Waals surface area contributed by atoms with E-state index in [1.165, 1.54) is 12.3 Å². The van der Waals surface area contributed by atoms with Crippen LogP contribution in [0, 0.1) is 12.8 Å². The quantitative estimate of drug-likeness (QED) is 0.840. The number of nitrogens with zero attached hydrogens (tertiary/aromatic N) is 3. The zero-order valence-corrected chi connectivity index (χ0v) is 15.7. The van der Waals surface area contributed by atoms with Gasteiger partial charge in [-0.05, 0) is 49.8 Å². The Kier molecular flexibility index (Phi) is 4.87. The van der Waals surface area contributed by atoms with Crippen molar-refractivity contribution in [2.24, 2.45) is 5.92 Å². The third-order valence-electron chi connectivity index (χ3n) is 5.48. The van der Waals surface area contributed by atoms with Crippen LogP contribution >= 0.6 is 0 Å². The number of alkyl halides is 2. The highest BCUT2D eigenvalue weighted by molar-refractivity contribution is 5.91. The summed E-state index contributed by atoms with van der Waals surface area (Å²) in [6.45, 7) is 1.15. The van der Waals surface area contributed by atoms with Crippen molar-refractivity contribution >= 4 is 11.7 Å². The molecule has 2 unspecified atom stereocenters. The van der Waals surface area contributed by atoms with Crippen LogP contribution in [0.15, 0.2) is 30.5 Å². The molecule has 3 heterocycles. The topological polar surface area (TPSA) is 67.4 Å². The van der Waals surface area contributed by atoms with E-state index >= 15 is 0 Å². The third kappa shape index (κ3) is 3.63. The van der Waals surface area contributed by atoms with Crippen molar-refractivity contribution < 1.29 is 18.3 Å². The SMILES string of the molecule is Cc1ccc(NC(=O)N2C3CC(C)C[C@@H]2C3)cc1-c1nccc(OC(F)F)n1. The normalized spacial score (nSPS) is 23.3. The van der Waals surface area contributed by atoms with E-state index in [2.05, 4.69) is 26.9 Å². The molecule has 2 amide bonds. The predicted molar refractivity (Wildman–Crippen MR) is 100 cm³/mol. The zero-order valence-electron chi connectivity index (χ0n) is 15.7. The highest BCUT2D eigenvalue weighted by Crippen LogP contribution is 2.41. The molecular weight excluding hydrogens is 366 g/mol. The average molecular weight is 388 g/mol. The van der Waals surface area contributed by atoms with E-state index in [1.54, 1.807) is 6.07 Å². The van der Waals surface area contributed by atoms with E-state index in [-0.39, 0.29) is 17.7 Å². The van der Waals surface area contributed by atoms with Gasteiger partial charge < -0.3 is 15.0 Å². The lowest BCUT2D eigenvalue weighted by molar-refractivity contribution is -0.0528. The van der Waals surface area contributed by atoms with Gasteiger partial charge in [0.15, 0.2) is 5.82 Å². The summed E-state index contributed by atoms with van der Waals surface area (Å²) >= 11 is 0. The molecule has 2 aromatic rings. The van der Waals surface area contributed by atoms with Gasteiger partial charge in [0.05, 0.1) is 0 Å². The van der Waals surface area contributed by atoms with Crippen LogP contribution in [0.5, 0.6) is 5.88 Å². The minimum Gasteiger partial charge on any atom is -0.417 e. The molecule has 2 aliphatic heterocycles. The van der Waals surface area contributed by atoms with Gasteiger partial charge in [0.1, 0.15) is 0 Å². The molecule has 1 aromatic heterocycles. The first-order valence-corrected chi connectivity index (χ1v) is 9.39. The predicted octanol–water partition coefficient (Wildman–Crippen LogP) is 4.46. The summed E-state index contributed by atoms with van der Waals surface area (Å²) in [5.41, 5.74) is 2.13. The molecule has 2 saturated heterocycles. The van der Waals surface area contributed by atoms with Crippen LogP contribution in [0.2, 0.25) is 0 Å². The van der Waals surface area contributed by atoms with E-state index in [0.717, 1.165) is 24.8 Å². The molecular formula is C20H22F2N4O2. The number of anilines is 1. The maximum atomic E-state index is 12.7. The summed E-state index contributed by atoms with van der Waals surface area (Å²) in [5.74, 6) is 0.733. The fourth-order valence-corrected chi connectivity index (χ4v) is 4.24. The van der Waals surface area contributed by atoms with Crippen LogP contribution in [0.4, 0.5) is 19.3 Å². The molecule has 1 N–H and O–H groups in total. The Bertz CT molecular complexity index is 880. The summed E-state index contributed by atoms with van der Waals surface area (Å²) < 4.78 is 29.2. The lowest BCUT2D eigenvalue weighted by atomic mass is 9.74. The molecule has 0 spiro atoms. The molecule has 0 aliphatic carbocycles. The molecule has 0 saturated carbocycles. The highest BCUT2D eigenvalue weighted by atomic mass is 19.3. The standard InChI is InChI=1S/C20H22F2N4O2/c1-11-7-14-10-15(8-11)26(14)20(27)24-13-4-3-12(2)16(9-13)18-23-6-5-17(25-18)28-19(21)22/h3-6,9,11,14-15,19H,7-8,10H2,1-2H3,(H,24,27)/t11?,14-,15?/m1/s1. The van der Waals surface area contributed by atoms with Crippen molar-refractivity contribution in [3.05, 3.63) is 36.0 Å². The molecule has 3 atom stereocenters. The van der Waals surface area contributed by atoms with Crippen LogP contribution in [0.1, 0.15) is 31.7 Å². The van der Waals surface area contributed by atoms with Gasteiger partial charge in [-0.3, -0.25) is 0 Å². The van der Waals surface area contributed by atoms with E-state index in [1.807, 2.05) is 24.0 Å². The number of fused-ring (bicyclic) bond motifs is 2. The molecule has 0 radical (unpaired) electrons. The Morgan fingerprint density at radius 1 is 1.25 bits per heavy atom. The summed E-state index contributed by atoms with van der Waals surface area (Å²) in [5, 5.41) is 2.95. The molecule has 2 aliphatic rings. The number of nitrogens with one attached hydrogen (secondary N) is 1. The minimum atomic E-state index is -2.95. The Morgan fingerprint density at radius 2 is 2.00 bits per heavy atom. The van der Waals surface area contributed by atoms with Crippen molar-refractivity contribution in [3.8, 4) is 17.3 Å². The number of urea groups is 1. The van der Waals surface area contributed by atoms with Crippen molar-refractivity contribution in [2.45, 2.75) is 51.8 Å². The van der Waals surface area contributed by atoms with Gasteiger partial charge in [0.25, 0.3) is 0 Å². The lowest BCUT2D eigenvalue weighted by Gasteiger charge is -2.54. The average Bonchev–Trinajstić information content (AvgIpc) is 2.62.